The van der Waals surface area contributed by atoms with E-state index in [-0.39, 0.29) is 23.7 Å². The molecule has 0 saturated carbocycles. The lowest BCUT2D eigenvalue weighted by Crippen LogP contribution is -2.34. The Bertz CT molecular complexity index is 462. The fourth-order valence-corrected chi connectivity index (χ4v) is 1.22. The zero-order valence-corrected chi connectivity index (χ0v) is 9.53. The van der Waals surface area contributed by atoms with Crippen LogP contribution in [0.5, 0.6) is 11.5 Å². The molecular weight excluding hydrogens is 244 g/mol. The molecule has 0 bridgehead atoms. The van der Waals surface area contributed by atoms with Gasteiger partial charge in [-0.25, -0.2) is 4.79 Å². The van der Waals surface area contributed by atoms with Crippen LogP contribution in [-0.4, -0.2) is 35.8 Å². The van der Waals surface area contributed by atoms with Crippen molar-refractivity contribution in [2.45, 2.75) is 6.10 Å². The first-order valence-corrected chi connectivity index (χ1v) is 4.91. The van der Waals surface area contributed by atoms with Gasteiger partial charge >= 0.3 is 5.97 Å². The predicted octanol–water partition coefficient (Wildman–Crippen LogP) is 0.394. The van der Waals surface area contributed by atoms with E-state index in [0.717, 1.165) is 6.07 Å². The molecule has 0 radical (unpaired) electrons. The van der Waals surface area contributed by atoms with E-state index in [1.54, 1.807) is 0 Å². The van der Waals surface area contributed by atoms with E-state index in [1.165, 1.54) is 19.2 Å². The minimum atomic E-state index is -1.24. The van der Waals surface area contributed by atoms with Crippen LogP contribution in [-0.2, 0) is 4.79 Å². The Kier molecular flexibility index (Phi) is 4.44. The standard InChI is InChI=1S/C10H12N2O6/c1-17-8-4-6(12(15)16)2-3-7(8)18-9(5-11)10(13)14/h2-4,9H,5,11H2,1H3,(H,13,14). The minimum Gasteiger partial charge on any atom is -0.493 e. The molecule has 1 rings (SSSR count). The van der Waals surface area contributed by atoms with Crippen molar-refractivity contribution >= 4 is 11.7 Å². The number of carbonyl (C=O) groups is 1. The Morgan fingerprint density at radius 3 is 2.67 bits per heavy atom. The molecule has 0 saturated heterocycles. The molecule has 98 valence electrons. The summed E-state index contributed by atoms with van der Waals surface area (Å²) < 4.78 is 10.0. The van der Waals surface area contributed by atoms with Crippen LogP contribution >= 0.6 is 0 Å². The van der Waals surface area contributed by atoms with Crippen molar-refractivity contribution in [2.75, 3.05) is 13.7 Å². The van der Waals surface area contributed by atoms with Gasteiger partial charge in [0.1, 0.15) is 0 Å². The highest BCUT2D eigenvalue weighted by Crippen LogP contribution is 2.31. The normalized spacial score (nSPS) is 11.7. The summed E-state index contributed by atoms with van der Waals surface area (Å²) in [5.74, 6) is -1.07. The summed E-state index contributed by atoms with van der Waals surface area (Å²) in [5, 5.41) is 19.3. The van der Waals surface area contributed by atoms with Gasteiger partial charge in [-0.15, -0.1) is 0 Å². The van der Waals surface area contributed by atoms with Crippen LogP contribution in [0.15, 0.2) is 18.2 Å². The number of nitro groups is 1. The number of carboxylic acid groups (broad SMARTS) is 1. The lowest BCUT2D eigenvalue weighted by molar-refractivity contribution is -0.385. The first-order chi connectivity index (χ1) is 8.49. The maximum absolute atomic E-state index is 10.8. The third-order valence-corrected chi connectivity index (χ3v) is 2.12. The molecule has 18 heavy (non-hydrogen) atoms. The molecule has 0 fully saturated rings. The van der Waals surface area contributed by atoms with Crippen molar-refractivity contribution in [1.82, 2.24) is 0 Å². The monoisotopic (exact) mass is 256 g/mol. The molecule has 1 aromatic carbocycles. The predicted molar refractivity (Wildman–Crippen MR) is 60.8 cm³/mol. The van der Waals surface area contributed by atoms with Gasteiger partial charge in [0.2, 0.25) is 6.10 Å². The Balaban J connectivity index is 3.02. The fraction of sp³-hybridized carbons (Fsp3) is 0.300. The average Bonchev–Trinajstić information content (AvgIpc) is 2.35. The van der Waals surface area contributed by atoms with E-state index in [2.05, 4.69) is 0 Å². The molecule has 1 aromatic rings. The van der Waals surface area contributed by atoms with Crippen LogP contribution in [0.3, 0.4) is 0 Å². The molecule has 1 atom stereocenters. The lowest BCUT2D eigenvalue weighted by Gasteiger charge is -2.15. The van der Waals surface area contributed by atoms with Crippen molar-refractivity contribution in [3.8, 4) is 11.5 Å². The molecule has 0 spiro atoms. The van der Waals surface area contributed by atoms with E-state index in [9.17, 15) is 14.9 Å². The number of ether oxygens (including phenoxy) is 2. The summed E-state index contributed by atoms with van der Waals surface area (Å²) in [6, 6.07) is 3.60. The molecule has 8 heteroatoms. The molecule has 3 N–H and O–H groups in total. The number of rotatable bonds is 6. The highest BCUT2D eigenvalue weighted by Gasteiger charge is 2.20. The van der Waals surface area contributed by atoms with Crippen LogP contribution < -0.4 is 15.2 Å². The van der Waals surface area contributed by atoms with Crippen LogP contribution in [0.1, 0.15) is 0 Å². The third kappa shape index (κ3) is 3.08. The largest absolute Gasteiger partial charge is 0.493 e. The summed E-state index contributed by atoms with van der Waals surface area (Å²) in [6.45, 7) is -0.227. The molecule has 0 aromatic heterocycles. The van der Waals surface area contributed by atoms with E-state index >= 15 is 0 Å². The Labute approximate surface area is 102 Å². The third-order valence-electron chi connectivity index (χ3n) is 2.12. The second-order valence-corrected chi connectivity index (χ2v) is 3.27. The summed E-state index contributed by atoms with van der Waals surface area (Å²) in [5.41, 5.74) is 5.05. The van der Waals surface area contributed by atoms with E-state index < -0.39 is 17.0 Å². The van der Waals surface area contributed by atoms with Gasteiger partial charge in [-0.05, 0) is 6.07 Å². The molecule has 0 amide bonds. The van der Waals surface area contributed by atoms with Gasteiger partial charge in [0.15, 0.2) is 11.5 Å². The second-order valence-electron chi connectivity index (χ2n) is 3.27. The highest BCUT2D eigenvalue weighted by atomic mass is 16.6. The van der Waals surface area contributed by atoms with Crippen molar-refractivity contribution in [2.24, 2.45) is 5.73 Å². The quantitative estimate of drug-likeness (QED) is 0.557. The Morgan fingerprint density at radius 2 is 2.22 bits per heavy atom. The number of non-ortho nitro benzene ring substituents is 1. The van der Waals surface area contributed by atoms with Gasteiger partial charge in [0.05, 0.1) is 18.1 Å². The van der Waals surface area contributed by atoms with Crippen molar-refractivity contribution < 1.29 is 24.3 Å². The van der Waals surface area contributed by atoms with Gasteiger partial charge in [0.25, 0.3) is 5.69 Å². The van der Waals surface area contributed by atoms with Crippen molar-refractivity contribution in [3.63, 3.8) is 0 Å². The number of hydrogen-bond donors (Lipinski definition) is 2. The van der Waals surface area contributed by atoms with Crippen molar-refractivity contribution in [3.05, 3.63) is 28.3 Å². The van der Waals surface area contributed by atoms with Gasteiger partial charge in [0, 0.05) is 12.6 Å². The average molecular weight is 256 g/mol. The minimum absolute atomic E-state index is 0.0731. The van der Waals surface area contributed by atoms with Crippen LogP contribution in [0.4, 0.5) is 5.69 Å². The molecule has 8 nitrogen and oxygen atoms in total. The first-order valence-electron chi connectivity index (χ1n) is 4.91. The number of benzene rings is 1. The summed E-state index contributed by atoms with van der Waals surface area (Å²) in [6.07, 6.45) is -1.24. The Hall–Kier alpha value is -2.35. The van der Waals surface area contributed by atoms with Crippen LogP contribution in [0.2, 0.25) is 0 Å². The van der Waals surface area contributed by atoms with Crippen LogP contribution in [0.25, 0.3) is 0 Å². The number of methoxy groups -OCH3 is 1. The summed E-state index contributed by atoms with van der Waals surface area (Å²) in [7, 11) is 1.30. The van der Waals surface area contributed by atoms with E-state index in [4.69, 9.17) is 20.3 Å². The number of nitrogens with two attached hydrogens (primary N) is 1. The summed E-state index contributed by atoms with van der Waals surface area (Å²) >= 11 is 0. The maximum atomic E-state index is 10.8. The smallest absolute Gasteiger partial charge is 0.346 e. The molecule has 0 aliphatic carbocycles. The van der Waals surface area contributed by atoms with Gasteiger partial charge in [-0.1, -0.05) is 0 Å². The number of nitrogens with zero attached hydrogens (tertiary/aromatic N) is 1. The van der Waals surface area contributed by atoms with E-state index in [1.807, 2.05) is 0 Å². The van der Waals surface area contributed by atoms with Crippen molar-refractivity contribution in [1.29, 1.82) is 0 Å². The maximum Gasteiger partial charge on any atom is 0.346 e. The number of carboxylic acids is 1. The zero-order valence-electron chi connectivity index (χ0n) is 9.53. The van der Waals surface area contributed by atoms with Crippen LogP contribution in [0, 0.1) is 10.1 Å². The Morgan fingerprint density at radius 1 is 1.56 bits per heavy atom. The molecular formula is C10H12N2O6. The molecule has 0 aliphatic heterocycles. The first kappa shape index (κ1) is 13.7. The molecule has 0 heterocycles. The molecule has 0 aliphatic rings. The number of hydrogen-bond acceptors (Lipinski definition) is 6. The topological polar surface area (TPSA) is 125 Å². The van der Waals surface area contributed by atoms with Gasteiger partial charge in [-0.2, -0.15) is 0 Å². The lowest BCUT2D eigenvalue weighted by atomic mass is 10.2. The second kappa shape index (κ2) is 5.82. The number of nitro benzene ring substituents is 1. The van der Waals surface area contributed by atoms with E-state index in [0.29, 0.717) is 0 Å². The summed E-state index contributed by atoms with van der Waals surface area (Å²) in [4.78, 5) is 20.7. The highest BCUT2D eigenvalue weighted by molar-refractivity contribution is 5.73. The molecule has 1 unspecified atom stereocenters. The van der Waals surface area contributed by atoms with Gasteiger partial charge < -0.3 is 20.3 Å². The number of aliphatic carboxylic acids is 1. The SMILES string of the molecule is COc1cc([N+](=O)[O-])ccc1OC(CN)C(=O)O. The fourth-order valence-electron chi connectivity index (χ4n) is 1.22. The van der Waals surface area contributed by atoms with Gasteiger partial charge in [-0.3, -0.25) is 10.1 Å². The zero-order chi connectivity index (χ0) is 13.7.